The van der Waals surface area contributed by atoms with E-state index in [2.05, 4.69) is 47.5 Å². The first-order chi connectivity index (χ1) is 16.0. The maximum absolute atomic E-state index is 15.3. The monoisotopic (exact) mass is 456 g/mol. The van der Waals surface area contributed by atoms with Crippen molar-refractivity contribution in [3.63, 3.8) is 0 Å². The Labute approximate surface area is 195 Å². The van der Waals surface area contributed by atoms with Crippen molar-refractivity contribution in [3.05, 3.63) is 108 Å². The molecule has 5 heteroatoms. The Hall–Kier alpha value is -2.91. The lowest BCUT2D eigenvalue weighted by atomic mass is 10.1. The van der Waals surface area contributed by atoms with Crippen molar-refractivity contribution in [3.8, 4) is 5.75 Å². The average molecular weight is 457 g/mol. The molecule has 1 N–H and O–H groups in total. The summed E-state index contributed by atoms with van der Waals surface area (Å²) in [5.41, 5.74) is 2.24. The summed E-state index contributed by atoms with van der Waals surface area (Å²) in [6.07, 6.45) is 0. The van der Waals surface area contributed by atoms with Crippen molar-refractivity contribution < 1.29 is 9.67 Å². The second-order valence-electron chi connectivity index (χ2n) is 8.70. The van der Waals surface area contributed by atoms with Gasteiger partial charge in [-0.1, -0.05) is 91.0 Å². The Morgan fingerprint density at radius 3 is 1.73 bits per heavy atom. The zero-order valence-electron chi connectivity index (χ0n) is 19.0. The number of rotatable bonds is 5. The molecule has 33 heavy (non-hydrogen) atoms. The van der Waals surface area contributed by atoms with E-state index < -0.39 is 7.44 Å². The van der Waals surface area contributed by atoms with E-state index in [1.807, 2.05) is 72.8 Å². The van der Waals surface area contributed by atoms with Gasteiger partial charge < -0.3 is 5.11 Å². The van der Waals surface area contributed by atoms with E-state index in [9.17, 15) is 5.11 Å². The minimum atomic E-state index is -3.31. The third kappa shape index (κ3) is 3.69. The van der Waals surface area contributed by atoms with E-state index in [4.69, 9.17) is 0 Å². The highest BCUT2D eigenvalue weighted by Gasteiger charge is 2.50. The van der Waals surface area contributed by atoms with Crippen LogP contribution in [0, 0.1) is 0 Å². The van der Waals surface area contributed by atoms with E-state index in [0.29, 0.717) is 18.4 Å². The number of aromatic hydroxyl groups is 1. The molecule has 0 bridgehead atoms. The van der Waals surface area contributed by atoms with Crippen LogP contribution in [0.2, 0.25) is 0 Å². The summed E-state index contributed by atoms with van der Waals surface area (Å²) in [7, 11) is -3.31. The van der Waals surface area contributed by atoms with Gasteiger partial charge in [-0.3, -0.25) is 4.57 Å². The number of phenols is 1. The van der Waals surface area contributed by atoms with Gasteiger partial charge in [-0.05, 0) is 36.4 Å². The maximum atomic E-state index is 15.3. The van der Waals surface area contributed by atoms with Gasteiger partial charge >= 0.3 is 0 Å². The summed E-state index contributed by atoms with van der Waals surface area (Å²) in [6.45, 7) is 5.54. The molecule has 1 fully saturated rings. The Kier molecular flexibility index (Phi) is 5.84. The van der Waals surface area contributed by atoms with Gasteiger partial charge in [0.1, 0.15) is 5.75 Å². The fourth-order valence-corrected chi connectivity index (χ4v) is 8.48. The second kappa shape index (κ2) is 8.79. The smallest absolute Gasteiger partial charge is 0.250 e. The van der Waals surface area contributed by atoms with Crippen LogP contribution in [0.1, 0.15) is 37.1 Å². The molecule has 0 aromatic heterocycles. The van der Waals surface area contributed by atoms with Crippen LogP contribution in [0.3, 0.4) is 0 Å². The molecule has 0 unspecified atom stereocenters. The number of nitrogens with zero attached hydrogens (tertiary/aromatic N) is 2. The van der Waals surface area contributed by atoms with Gasteiger partial charge in [-0.15, -0.1) is 0 Å². The Morgan fingerprint density at radius 2 is 1.18 bits per heavy atom. The standard InChI is InChI=1S/C28H29N2O2P/c1-21(23-11-5-3-6-12-23)29-19-20-30(22(2)24-13-7-4-8-14-24)33(29,32)27-18-17-25-15-9-10-16-26(25)28(27)31/h3-18,21-22,31H,19-20H2,1-2H3/t21-,22-/m0/s1. The summed E-state index contributed by atoms with van der Waals surface area (Å²) in [6, 6.07) is 31.8. The SMILES string of the molecule is C[C@@H](c1ccccc1)N1CCN([C@@H](C)c2ccccc2)P1(=O)c1ccc2ccccc2c1O. The van der Waals surface area contributed by atoms with E-state index in [1.165, 1.54) is 0 Å². The highest BCUT2D eigenvalue weighted by Crippen LogP contribution is 2.63. The van der Waals surface area contributed by atoms with Crippen molar-refractivity contribution in [2.75, 3.05) is 13.1 Å². The van der Waals surface area contributed by atoms with E-state index in [-0.39, 0.29) is 17.8 Å². The van der Waals surface area contributed by atoms with Gasteiger partial charge in [0, 0.05) is 30.6 Å². The normalized spacial score (nSPS) is 18.4. The van der Waals surface area contributed by atoms with Crippen LogP contribution in [-0.2, 0) is 4.57 Å². The minimum absolute atomic E-state index is 0.0594. The average Bonchev–Trinajstić information content (AvgIpc) is 3.22. The molecule has 0 saturated carbocycles. The molecule has 1 saturated heterocycles. The van der Waals surface area contributed by atoms with Gasteiger partial charge in [0.15, 0.2) is 0 Å². The molecular weight excluding hydrogens is 427 g/mol. The first kappa shape index (κ1) is 21.9. The zero-order chi connectivity index (χ0) is 23.0. The van der Waals surface area contributed by atoms with Gasteiger partial charge in [-0.2, -0.15) is 0 Å². The lowest BCUT2D eigenvalue weighted by Gasteiger charge is -2.37. The molecular formula is C28H29N2O2P. The van der Waals surface area contributed by atoms with E-state index in [0.717, 1.165) is 21.9 Å². The van der Waals surface area contributed by atoms with Crippen molar-refractivity contribution >= 4 is 23.5 Å². The first-order valence-electron chi connectivity index (χ1n) is 11.5. The molecule has 0 amide bonds. The highest BCUT2D eigenvalue weighted by molar-refractivity contribution is 7.67. The molecule has 4 nitrogen and oxygen atoms in total. The first-order valence-corrected chi connectivity index (χ1v) is 13.1. The van der Waals surface area contributed by atoms with Gasteiger partial charge in [-0.25, -0.2) is 9.34 Å². The number of benzene rings is 4. The molecule has 5 rings (SSSR count). The molecule has 0 radical (unpaired) electrons. The van der Waals surface area contributed by atoms with Gasteiger partial charge in [0.05, 0.1) is 5.30 Å². The molecule has 4 aromatic rings. The number of hydrogen-bond donors (Lipinski definition) is 1. The van der Waals surface area contributed by atoms with Crippen LogP contribution >= 0.6 is 7.44 Å². The van der Waals surface area contributed by atoms with Crippen LogP contribution in [-0.4, -0.2) is 27.5 Å². The fraction of sp³-hybridized carbons (Fsp3) is 0.214. The number of hydrogen-bond acceptors (Lipinski definition) is 2. The predicted molar refractivity (Wildman–Crippen MR) is 136 cm³/mol. The Bertz CT molecular complexity index is 1250. The van der Waals surface area contributed by atoms with Crippen molar-refractivity contribution in [2.45, 2.75) is 25.9 Å². The maximum Gasteiger partial charge on any atom is 0.250 e. The summed E-state index contributed by atoms with van der Waals surface area (Å²) in [5.74, 6) is 0.119. The molecule has 0 spiro atoms. The lowest BCUT2D eigenvalue weighted by molar-refractivity contribution is 0.375. The summed E-state index contributed by atoms with van der Waals surface area (Å²) in [4.78, 5) is 0. The van der Waals surface area contributed by atoms with Crippen LogP contribution in [0.25, 0.3) is 10.8 Å². The molecule has 1 aliphatic heterocycles. The van der Waals surface area contributed by atoms with E-state index >= 15 is 4.57 Å². The highest BCUT2D eigenvalue weighted by atomic mass is 31.2. The largest absolute Gasteiger partial charge is 0.506 e. The Morgan fingerprint density at radius 1 is 0.697 bits per heavy atom. The molecule has 2 atom stereocenters. The van der Waals surface area contributed by atoms with Gasteiger partial charge in [0.25, 0.3) is 7.44 Å². The number of phenolic OH excluding ortho intramolecular Hbond substituents is 1. The Balaban J connectivity index is 1.67. The second-order valence-corrected chi connectivity index (χ2v) is 11.3. The van der Waals surface area contributed by atoms with Crippen LogP contribution in [0.5, 0.6) is 5.75 Å². The lowest BCUT2D eigenvalue weighted by Crippen LogP contribution is -2.30. The van der Waals surface area contributed by atoms with Gasteiger partial charge in [0.2, 0.25) is 0 Å². The third-order valence-electron chi connectivity index (χ3n) is 6.91. The molecule has 168 valence electrons. The molecule has 1 heterocycles. The quantitative estimate of drug-likeness (QED) is 0.348. The van der Waals surface area contributed by atoms with Crippen molar-refractivity contribution in [2.24, 2.45) is 0 Å². The fourth-order valence-electron chi connectivity index (χ4n) is 5.04. The summed E-state index contributed by atoms with van der Waals surface area (Å²) < 4.78 is 19.5. The predicted octanol–water partition coefficient (Wildman–Crippen LogP) is 6.50. The van der Waals surface area contributed by atoms with Crippen LogP contribution < -0.4 is 5.30 Å². The van der Waals surface area contributed by atoms with Crippen LogP contribution in [0.15, 0.2) is 97.1 Å². The van der Waals surface area contributed by atoms with Crippen LogP contribution in [0.4, 0.5) is 0 Å². The summed E-state index contributed by atoms with van der Waals surface area (Å²) >= 11 is 0. The molecule has 0 aliphatic carbocycles. The minimum Gasteiger partial charge on any atom is -0.506 e. The topological polar surface area (TPSA) is 43.8 Å². The van der Waals surface area contributed by atoms with E-state index in [1.54, 1.807) is 0 Å². The number of fused-ring (bicyclic) bond motifs is 1. The third-order valence-corrected chi connectivity index (χ3v) is 10.4. The zero-order valence-corrected chi connectivity index (χ0v) is 19.9. The van der Waals surface area contributed by atoms with Crippen molar-refractivity contribution in [1.82, 2.24) is 9.34 Å². The molecule has 1 aliphatic rings. The molecule has 4 aromatic carbocycles. The van der Waals surface area contributed by atoms with Crippen molar-refractivity contribution in [1.29, 1.82) is 0 Å². The summed E-state index contributed by atoms with van der Waals surface area (Å²) in [5, 5.41) is 13.6.